The zero-order chi connectivity index (χ0) is 13.8. The number of hydrogen-bond acceptors (Lipinski definition) is 2. The highest BCUT2D eigenvalue weighted by Crippen LogP contribution is 2.24. The van der Waals surface area contributed by atoms with E-state index >= 15 is 0 Å². The highest BCUT2D eigenvalue weighted by molar-refractivity contribution is 14.1. The predicted octanol–water partition coefficient (Wildman–Crippen LogP) is 3.83. The molecule has 2 rings (SSSR count). The lowest BCUT2D eigenvalue weighted by atomic mass is 10.1. The van der Waals surface area contributed by atoms with Crippen LogP contribution in [0, 0.1) is 3.57 Å². The van der Waals surface area contributed by atoms with E-state index in [1.807, 2.05) is 6.07 Å². The minimum atomic E-state index is -0.218. The first kappa shape index (κ1) is 14.1. The molecule has 5 heteroatoms. The fourth-order valence-corrected chi connectivity index (χ4v) is 2.52. The molecule has 0 aliphatic rings. The van der Waals surface area contributed by atoms with Crippen LogP contribution in [0.25, 0.3) is 0 Å². The minimum Gasteiger partial charge on any atom is -0.508 e. The van der Waals surface area contributed by atoms with Crippen LogP contribution in [0.4, 0.5) is 5.69 Å². The maximum atomic E-state index is 11.9. The number of phenols is 1. The van der Waals surface area contributed by atoms with E-state index in [9.17, 15) is 9.90 Å². The SMILES string of the molecule is O=C(Cc1ccccc1O)Nc1ccc(I)cc1Cl. The third kappa shape index (κ3) is 3.84. The van der Waals surface area contributed by atoms with Crippen molar-refractivity contribution in [3.63, 3.8) is 0 Å². The smallest absolute Gasteiger partial charge is 0.228 e. The van der Waals surface area contributed by atoms with E-state index in [4.69, 9.17) is 11.6 Å². The molecule has 0 aliphatic carbocycles. The van der Waals surface area contributed by atoms with Crippen LogP contribution in [-0.4, -0.2) is 11.0 Å². The average molecular weight is 388 g/mol. The van der Waals surface area contributed by atoms with Crippen LogP contribution < -0.4 is 5.32 Å². The minimum absolute atomic E-state index is 0.106. The summed E-state index contributed by atoms with van der Waals surface area (Å²) in [7, 11) is 0. The molecule has 1 amide bonds. The Bertz CT molecular complexity index is 616. The summed E-state index contributed by atoms with van der Waals surface area (Å²) < 4.78 is 1.00. The zero-order valence-corrected chi connectivity index (χ0v) is 12.8. The second-order valence-corrected chi connectivity index (χ2v) is 5.63. The van der Waals surface area contributed by atoms with Crippen LogP contribution in [0.15, 0.2) is 42.5 Å². The molecular weight excluding hydrogens is 377 g/mol. The fourth-order valence-electron chi connectivity index (χ4n) is 1.62. The van der Waals surface area contributed by atoms with E-state index in [-0.39, 0.29) is 18.1 Å². The number of phenolic OH excluding ortho intramolecular Hbond substituents is 1. The van der Waals surface area contributed by atoms with Gasteiger partial charge in [0.15, 0.2) is 0 Å². The average Bonchev–Trinajstić information content (AvgIpc) is 2.36. The predicted molar refractivity (Wildman–Crippen MR) is 84.6 cm³/mol. The van der Waals surface area contributed by atoms with Gasteiger partial charge in [0, 0.05) is 9.13 Å². The van der Waals surface area contributed by atoms with Crippen LogP contribution in [0.5, 0.6) is 5.75 Å². The van der Waals surface area contributed by atoms with Crippen molar-refractivity contribution in [3.05, 3.63) is 56.6 Å². The number of halogens is 2. The van der Waals surface area contributed by atoms with Gasteiger partial charge in [-0.2, -0.15) is 0 Å². The molecule has 2 N–H and O–H groups in total. The lowest BCUT2D eigenvalue weighted by Gasteiger charge is -2.08. The summed E-state index contributed by atoms with van der Waals surface area (Å²) in [6, 6.07) is 12.2. The number of hydrogen-bond donors (Lipinski definition) is 2. The number of benzene rings is 2. The van der Waals surface area contributed by atoms with Gasteiger partial charge in [-0.05, 0) is 46.9 Å². The van der Waals surface area contributed by atoms with Gasteiger partial charge in [0.2, 0.25) is 5.91 Å². The first-order chi connectivity index (χ1) is 9.06. The molecule has 2 aromatic carbocycles. The molecule has 0 unspecified atom stereocenters. The van der Waals surface area contributed by atoms with Gasteiger partial charge >= 0.3 is 0 Å². The van der Waals surface area contributed by atoms with Gasteiger partial charge in [-0.25, -0.2) is 0 Å². The van der Waals surface area contributed by atoms with Gasteiger partial charge < -0.3 is 10.4 Å². The summed E-state index contributed by atoms with van der Waals surface area (Å²) >= 11 is 8.19. The molecule has 0 spiro atoms. The van der Waals surface area contributed by atoms with Gasteiger partial charge in [-0.1, -0.05) is 29.8 Å². The molecule has 0 radical (unpaired) electrons. The van der Waals surface area contributed by atoms with Crippen molar-refractivity contribution in [1.29, 1.82) is 0 Å². The highest BCUT2D eigenvalue weighted by Gasteiger charge is 2.09. The van der Waals surface area contributed by atoms with Crippen molar-refractivity contribution >= 4 is 45.8 Å². The molecule has 0 saturated heterocycles. The van der Waals surface area contributed by atoms with Crippen LogP contribution in [0.1, 0.15) is 5.56 Å². The summed E-state index contributed by atoms with van der Waals surface area (Å²) in [6.45, 7) is 0. The van der Waals surface area contributed by atoms with E-state index in [0.29, 0.717) is 16.3 Å². The van der Waals surface area contributed by atoms with Crippen molar-refractivity contribution in [2.75, 3.05) is 5.32 Å². The maximum Gasteiger partial charge on any atom is 0.228 e. The number of aromatic hydroxyl groups is 1. The van der Waals surface area contributed by atoms with Crippen molar-refractivity contribution in [3.8, 4) is 5.75 Å². The van der Waals surface area contributed by atoms with Crippen molar-refractivity contribution in [1.82, 2.24) is 0 Å². The second kappa shape index (κ2) is 6.25. The quantitative estimate of drug-likeness (QED) is 0.787. The van der Waals surface area contributed by atoms with Crippen molar-refractivity contribution < 1.29 is 9.90 Å². The largest absolute Gasteiger partial charge is 0.508 e. The Labute approximate surface area is 129 Å². The molecule has 2 aromatic rings. The Morgan fingerprint density at radius 1 is 1.26 bits per heavy atom. The number of nitrogens with one attached hydrogen (secondary N) is 1. The van der Waals surface area contributed by atoms with Gasteiger partial charge in [-0.15, -0.1) is 0 Å². The Kier molecular flexibility index (Phi) is 4.66. The molecule has 0 atom stereocenters. The Balaban J connectivity index is 2.08. The lowest BCUT2D eigenvalue weighted by Crippen LogP contribution is -2.14. The zero-order valence-electron chi connectivity index (χ0n) is 9.86. The standard InChI is InChI=1S/C14H11ClINO2/c15-11-8-10(16)5-6-12(11)17-14(19)7-9-3-1-2-4-13(9)18/h1-6,8,18H,7H2,(H,17,19). The van der Waals surface area contributed by atoms with Crippen LogP contribution >= 0.6 is 34.2 Å². The van der Waals surface area contributed by atoms with Crippen LogP contribution in [0.2, 0.25) is 5.02 Å². The van der Waals surface area contributed by atoms with Crippen molar-refractivity contribution in [2.45, 2.75) is 6.42 Å². The van der Waals surface area contributed by atoms with E-state index in [1.54, 1.807) is 36.4 Å². The van der Waals surface area contributed by atoms with E-state index in [2.05, 4.69) is 27.9 Å². The van der Waals surface area contributed by atoms with Gasteiger partial charge in [0.05, 0.1) is 17.1 Å². The van der Waals surface area contributed by atoms with Crippen LogP contribution in [0.3, 0.4) is 0 Å². The highest BCUT2D eigenvalue weighted by atomic mass is 127. The summed E-state index contributed by atoms with van der Waals surface area (Å²) in [5.41, 5.74) is 1.16. The van der Waals surface area contributed by atoms with E-state index < -0.39 is 0 Å². The second-order valence-electron chi connectivity index (χ2n) is 3.98. The monoisotopic (exact) mass is 387 g/mol. The molecule has 0 fully saturated rings. The van der Waals surface area contributed by atoms with Crippen molar-refractivity contribution in [2.24, 2.45) is 0 Å². The molecule has 0 bridgehead atoms. The normalized spacial score (nSPS) is 10.2. The number of carbonyl (C=O) groups excluding carboxylic acids is 1. The number of amides is 1. The molecule has 0 aromatic heterocycles. The lowest BCUT2D eigenvalue weighted by molar-refractivity contribution is -0.115. The molecular formula is C14H11ClINO2. The summed E-state index contributed by atoms with van der Waals surface area (Å²) in [4.78, 5) is 11.9. The Morgan fingerprint density at radius 3 is 2.68 bits per heavy atom. The number of anilines is 1. The van der Waals surface area contributed by atoms with Gasteiger partial charge in [-0.3, -0.25) is 4.79 Å². The third-order valence-corrected chi connectivity index (χ3v) is 3.53. The fraction of sp³-hybridized carbons (Fsp3) is 0.0714. The topological polar surface area (TPSA) is 49.3 Å². The Hall–Kier alpha value is -1.27. The first-order valence-electron chi connectivity index (χ1n) is 5.58. The Morgan fingerprint density at radius 2 is 2.00 bits per heavy atom. The number of para-hydroxylation sites is 1. The molecule has 0 saturated carbocycles. The van der Waals surface area contributed by atoms with Gasteiger partial charge in [0.1, 0.15) is 5.75 Å². The summed E-state index contributed by atoms with van der Waals surface area (Å²) in [5.74, 6) is -0.101. The van der Waals surface area contributed by atoms with E-state index in [1.165, 1.54) is 0 Å². The number of rotatable bonds is 3. The van der Waals surface area contributed by atoms with Crippen LogP contribution in [-0.2, 0) is 11.2 Å². The molecule has 0 aliphatic heterocycles. The molecule has 3 nitrogen and oxygen atoms in total. The van der Waals surface area contributed by atoms with Gasteiger partial charge in [0.25, 0.3) is 0 Å². The molecule has 98 valence electrons. The molecule has 19 heavy (non-hydrogen) atoms. The maximum absolute atomic E-state index is 11.9. The third-order valence-electron chi connectivity index (χ3n) is 2.55. The molecule has 0 heterocycles. The summed E-state index contributed by atoms with van der Waals surface area (Å²) in [6.07, 6.45) is 0.106. The summed E-state index contributed by atoms with van der Waals surface area (Å²) in [5, 5.41) is 12.8. The number of carbonyl (C=O) groups is 1. The first-order valence-corrected chi connectivity index (χ1v) is 7.03. The van der Waals surface area contributed by atoms with E-state index in [0.717, 1.165) is 3.57 Å².